The lowest BCUT2D eigenvalue weighted by Gasteiger charge is -2.04. The van der Waals surface area contributed by atoms with Gasteiger partial charge in [0, 0.05) is 5.56 Å². The SMILES string of the molecule is CCCc1ccc(-c2nnn(-c3cccc(F)c3)c2N)cc1. The molecule has 3 aromatic rings. The van der Waals surface area contributed by atoms with Crippen molar-refractivity contribution in [3.05, 3.63) is 59.9 Å². The summed E-state index contributed by atoms with van der Waals surface area (Å²) in [5.41, 5.74) is 9.47. The Labute approximate surface area is 128 Å². The van der Waals surface area contributed by atoms with E-state index in [0.717, 1.165) is 18.4 Å². The molecule has 3 rings (SSSR count). The molecule has 1 heterocycles. The van der Waals surface area contributed by atoms with Crippen LogP contribution in [0.3, 0.4) is 0 Å². The van der Waals surface area contributed by atoms with Crippen LogP contribution >= 0.6 is 0 Å². The number of hydrogen-bond acceptors (Lipinski definition) is 3. The van der Waals surface area contributed by atoms with Crippen LogP contribution in [0.5, 0.6) is 0 Å². The molecule has 0 radical (unpaired) electrons. The molecule has 1 aromatic heterocycles. The van der Waals surface area contributed by atoms with E-state index < -0.39 is 0 Å². The van der Waals surface area contributed by atoms with E-state index in [1.54, 1.807) is 12.1 Å². The number of benzene rings is 2. The molecule has 0 spiro atoms. The number of aryl methyl sites for hydroxylation is 1. The summed E-state index contributed by atoms with van der Waals surface area (Å²) in [6.07, 6.45) is 2.16. The minimum Gasteiger partial charge on any atom is -0.382 e. The Bertz CT molecular complexity index is 778. The Balaban J connectivity index is 1.96. The molecule has 0 atom stereocenters. The fourth-order valence-electron chi connectivity index (χ4n) is 2.41. The van der Waals surface area contributed by atoms with E-state index in [9.17, 15) is 4.39 Å². The van der Waals surface area contributed by atoms with Crippen LogP contribution in [0.4, 0.5) is 10.2 Å². The molecule has 22 heavy (non-hydrogen) atoms. The van der Waals surface area contributed by atoms with Crippen LogP contribution in [0.25, 0.3) is 16.9 Å². The monoisotopic (exact) mass is 296 g/mol. The van der Waals surface area contributed by atoms with Gasteiger partial charge in [0.1, 0.15) is 11.5 Å². The molecule has 0 aliphatic carbocycles. The fourth-order valence-corrected chi connectivity index (χ4v) is 2.41. The van der Waals surface area contributed by atoms with Crippen molar-refractivity contribution in [2.24, 2.45) is 0 Å². The Morgan fingerprint density at radius 1 is 1.14 bits per heavy atom. The van der Waals surface area contributed by atoms with Crippen LogP contribution in [0, 0.1) is 5.82 Å². The van der Waals surface area contributed by atoms with E-state index in [0.29, 0.717) is 17.2 Å². The van der Waals surface area contributed by atoms with E-state index in [-0.39, 0.29) is 5.82 Å². The molecule has 0 saturated carbocycles. The van der Waals surface area contributed by atoms with E-state index in [4.69, 9.17) is 5.73 Å². The molecule has 2 aromatic carbocycles. The maximum absolute atomic E-state index is 13.3. The van der Waals surface area contributed by atoms with Gasteiger partial charge in [-0.1, -0.05) is 48.9 Å². The summed E-state index contributed by atoms with van der Waals surface area (Å²) in [6, 6.07) is 14.2. The van der Waals surface area contributed by atoms with Gasteiger partial charge in [0.25, 0.3) is 0 Å². The van der Waals surface area contributed by atoms with Crippen molar-refractivity contribution in [2.75, 3.05) is 5.73 Å². The Morgan fingerprint density at radius 3 is 2.59 bits per heavy atom. The lowest BCUT2D eigenvalue weighted by Crippen LogP contribution is -2.02. The summed E-state index contributed by atoms with van der Waals surface area (Å²) in [7, 11) is 0. The van der Waals surface area contributed by atoms with Crippen LogP contribution in [0.1, 0.15) is 18.9 Å². The number of hydrogen-bond donors (Lipinski definition) is 1. The number of halogens is 1. The molecule has 0 unspecified atom stereocenters. The molecule has 0 saturated heterocycles. The van der Waals surface area contributed by atoms with Crippen LogP contribution in [0.15, 0.2) is 48.5 Å². The van der Waals surface area contributed by atoms with Gasteiger partial charge in [-0.2, -0.15) is 4.68 Å². The highest BCUT2D eigenvalue weighted by molar-refractivity contribution is 5.71. The Morgan fingerprint density at radius 2 is 1.91 bits per heavy atom. The minimum absolute atomic E-state index is 0.335. The van der Waals surface area contributed by atoms with Gasteiger partial charge in [0.2, 0.25) is 0 Å². The highest BCUT2D eigenvalue weighted by Gasteiger charge is 2.13. The highest BCUT2D eigenvalue weighted by atomic mass is 19.1. The first-order chi connectivity index (χ1) is 10.7. The number of nitrogens with two attached hydrogens (primary N) is 1. The second-order valence-electron chi connectivity index (χ2n) is 5.16. The zero-order valence-corrected chi connectivity index (χ0v) is 12.3. The van der Waals surface area contributed by atoms with Gasteiger partial charge >= 0.3 is 0 Å². The summed E-state index contributed by atoms with van der Waals surface area (Å²) in [4.78, 5) is 0. The van der Waals surface area contributed by atoms with Gasteiger partial charge < -0.3 is 5.73 Å². The number of rotatable bonds is 4. The summed E-state index contributed by atoms with van der Waals surface area (Å²) < 4.78 is 14.8. The van der Waals surface area contributed by atoms with Crippen molar-refractivity contribution in [2.45, 2.75) is 19.8 Å². The number of nitrogen functional groups attached to an aromatic ring is 1. The first-order valence-corrected chi connectivity index (χ1v) is 7.25. The lowest BCUT2D eigenvalue weighted by molar-refractivity contribution is 0.625. The van der Waals surface area contributed by atoms with E-state index in [1.165, 1.54) is 22.4 Å². The van der Waals surface area contributed by atoms with Crippen molar-refractivity contribution in [3.63, 3.8) is 0 Å². The van der Waals surface area contributed by atoms with Crippen molar-refractivity contribution < 1.29 is 4.39 Å². The molecule has 112 valence electrons. The number of nitrogens with zero attached hydrogens (tertiary/aromatic N) is 3. The molecule has 0 fully saturated rings. The second-order valence-corrected chi connectivity index (χ2v) is 5.16. The van der Waals surface area contributed by atoms with Gasteiger partial charge in [-0.3, -0.25) is 0 Å². The first kappa shape index (κ1) is 14.3. The average Bonchev–Trinajstić information content (AvgIpc) is 2.90. The summed E-state index contributed by atoms with van der Waals surface area (Å²) in [5.74, 6) is 0.0618. The molecule has 4 nitrogen and oxygen atoms in total. The third-order valence-electron chi connectivity index (χ3n) is 3.52. The van der Waals surface area contributed by atoms with Crippen molar-refractivity contribution in [3.8, 4) is 16.9 Å². The predicted octanol–water partition coefficient (Wildman–Crippen LogP) is 3.61. The average molecular weight is 296 g/mol. The molecular formula is C17H17FN4. The summed E-state index contributed by atoms with van der Waals surface area (Å²) in [6.45, 7) is 2.15. The van der Waals surface area contributed by atoms with Crippen LogP contribution in [-0.4, -0.2) is 15.0 Å². The van der Waals surface area contributed by atoms with Gasteiger partial charge in [-0.05, 0) is 30.2 Å². The van der Waals surface area contributed by atoms with Crippen molar-refractivity contribution >= 4 is 5.82 Å². The molecule has 0 amide bonds. The summed E-state index contributed by atoms with van der Waals surface area (Å²) >= 11 is 0. The predicted molar refractivity (Wildman–Crippen MR) is 85.2 cm³/mol. The molecule has 2 N–H and O–H groups in total. The van der Waals surface area contributed by atoms with Crippen molar-refractivity contribution in [1.82, 2.24) is 15.0 Å². The van der Waals surface area contributed by atoms with E-state index >= 15 is 0 Å². The fraction of sp³-hybridized carbons (Fsp3) is 0.176. The molecule has 0 bridgehead atoms. The molecule has 0 aliphatic rings. The van der Waals surface area contributed by atoms with E-state index in [2.05, 4.69) is 29.4 Å². The van der Waals surface area contributed by atoms with Gasteiger partial charge in [0.05, 0.1) is 5.69 Å². The zero-order chi connectivity index (χ0) is 15.5. The van der Waals surface area contributed by atoms with Gasteiger partial charge in [0.15, 0.2) is 5.82 Å². The van der Waals surface area contributed by atoms with Crippen LogP contribution in [-0.2, 0) is 6.42 Å². The molecule has 0 aliphatic heterocycles. The zero-order valence-electron chi connectivity index (χ0n) is 12.3. The summed E-state index contributed by atoms with van der Waals surface area (Å²) in [5, 5.41) is 8.17. The van der Waals surface area contributed by atoms with Crippen LogP contribution < -0.4 is 5.73 Å². The topological polar surface area (TPSA) is 56.7 Å². The van der Waals surface area contributed by atoms with Gasteiger partial charge in [-0.15, -0.1) is 5.10 Å². The maximum Gasteiger partial charge on any atom is 0.155 e. The highest BCUT2D eigenvalue weighted by Crippen LogP contribution is 2.25. The largest absolute Gasteiger partial charge is 0.382 e. The second kappa shape index (κ2) is 5.97. The van der Waals surface area contributed by atoms with Crippen LogP contribution in [0.2, 0.25) is 0 Å². The maximum atomic E-state index is 13.3. The minimum atomic E-state index is -0.335. The lowest BCUT2D eigenvalue weighted by atomic mass is 10.1. The normalized spacial score (nSPS) is 10.8. The number of aromatic nitrogens is 3. The third-order valence-corrected chi connectivity index (χ3v) is 3.52. The van der Waals surface area contributed by atoms with Crippen molar-refractivity contribution in [1.29, 1.82) is 0 Å². The first-order valence-electron chi connectivity index (χ1n) is 7.25. The Hall–Kier alpha value is -2.69. The molecular weight excluding hydrogens is 279 g/mol. The standard InChI is InChI=1S/C17H17FN4/c1-2-4-12-7-9-13(10-8-12)16-17(19)22(21-20-16)15-6-3-5-14(18)11-15/h3,5-11H,2,4,19H2,1H3. The quantitative estimate of drug-likeness (QED) is 0.800. The van der Waals surface area contributed by atoms with Gasteiger partial charge in [-0.25, -0.2) is 4.39 Å². The number of anilines is 1. The smallest absolute Gasteiger partial charge is 0.155 e. The Kier molecular flexibility index (Phi) is 3.87. The third kappa shape index (κ3) is 2.70. The van der Waals surface area contributed by atoms with E-state index in [1.807, 2.05) is 12.1 Å². The molecule has 5 heteroatoms.